The molecule has 1 unspecified atom stereocenters. The lowest BCUT2D eigenvalue weighted by Crippen LogP contribution is -2.48. The summed E-state index contributed by atoms with van der Waals surface area (Å²) in [5.74, 6) is -0.151. The zero-order valence-corrected chi connectivity index (χ0v) is 22.8. The molecular formula is C28H32ClN3O4S. The highest BCUT2D eigenvalue weighted by molar-refractivity contribution is 7.93. The molecule has 1 N–H and O–H groups in total. The summed E-state index contributed by atoms with van der Waals surface area (Å²) in [6.45, 7) is 6.67. The minimum absolute atomic E-state index is 0.105. The van der Waals surface area contributed by atoms with Gasteiger partial charge in [0.05, 0.1) is 10.6 Å². The number of sulfonamides is 1. The first-order valence-electron chi connectivity index (χ1n) is 12.5. The number of amides is 2. The van der Waals surface area contributed by atoms with Crippen molar-refractivity contribution in [3.8, 4) is 0 Å². The molecule has 0 spiro atoms. The molecule has 0 aromatic heterocycles. The number of hydrogen-bond acceptors (Lipinski definition) is 4. The monoisotopic (exact) mass is 541 g/mol. The maximum atomic E-state index is 13.4. The summed E-state index contributed by atoms with van der Waals surface area (Å²) >= 11 is 6.01. The van der Waals surface area contributed by atoms with Crippen molar-refractivity contribution < 1.29 is 18.0 Å². The Morgan fingerprint density at radius 2 is 1.68 bits per heavy atom. The van der Waals surface area contributed by atoms with E-state index in [-0.39, 0.29) is 37.2 Å². The first kappa shape index (κ1) is 26.9. The smallest absolute Gasteiger partial charge is 0.265 e. The third kappa shape index (κ3) is 5.75. The number of hydrogen-bond donors (Lipinski definition) is 1. The van der Waals surface area contributed by atoms with Gasteiger partial charge in [-0.1, -0.05) is 61.8 Å². The molecule has 3 aromatic carbocycles. The fraction of sp³-hybridized carbons (Fsp3) is 0.357. The van der Waals surface area contributed by atoms with Gasteiger partial charge in [-0.15, -0.1) is 0 Å². The van der Waals surface area contributed by atoms with Crippen molar-refractivity contribution in [3.63, 3.8) is 0 Å². The van der Waals surface area contributed by atoms with E-state index in [1.807, 2.05) is 44.2 Å². The van der Waals surface area contributed by atoms with Crippen molar-refractivity contribution in [3.05, 3.63) is 71.2 Å². The molecule has 37 heavy (non-hydrogen) atoms. The summed E-state index contributed by atoms with van der Waals surface area (Å²) in [6.07, 6.45) is 0.424. The van der Waals surface area contributed by atoms with Crippen molar-refractivity contribution in [2.24, 2.45) is 5.92 Å². The van der Waals surface area contributed by atoms with Crippen LogP contribution >= 0.6 is 11.6 Å². The van der Waals surface area contributed by atoms with Gasteiger partial charge in [0.15, 0.2) is 0 Å². The van der Waals surface area contributed by atoms with Crippen LogP contribution < -0.4 is 9.62 Å². The van der Waals surface area contributed by atoms with E-state index in [4.69, 9.17) is 11.6 Å². The molecule has 0 fully saturated rings. The highest BCUT2D eigenvalue weighted by Gasteiger charge is 2.35. The van der Waals surface area contributed by atoms with Gasteiger partial charge in [0.25, 0.3) is 10.0 Å². The molecule has 0 aliphatic carbocycles. The van der Waals surface area contributed by atoms with Crippen molar-refractivity contribution >= 4 is 49.9 Å². The van der Waals surface area contributed by atoms with Crippen LogP contribution in [0, 0.1) is 5.92 Å². The number of halogens is 1. The lowest BCUT2D eigenvalue weighted by atomic mass is 10.1. The van der Waals surface area contributed by atoms with E-state index in [1.54, 1.807) is 42.2 Å². The van der Waals surface area contributed by atoms with Crippen molar-refractivity contribution in [2.75, 3.05) is 17.4 Å². The van der Waals surface area contributed by atoms with Gasteiger partial charge < -0.3 is 10.2 Å². The average Bonchev–Trinajstić information content (AvgIpc) is 3.09. The molecule has 1 heterocycles. The van der Waals surface area contributed by atoms with E-state index in [1.165, 1.54) is 4.31 Å². The maximum absolute atomic E-state index is 13.4. The number of nitrogens with zero attached hydrogens (tertiary/aromatic N) is 2. The molecule has 7 nitrogen and oxygen atoms in total. The first-order valence-corrected chi connectivity index (χ1v) is 14.3. The summed E-state index contributed by atoms with van der Waals surface area (Å²) in [5, 5.41) is 5.08. The zero-order chi connectivity index (χ0) is 26.7. The Balaban J connectivity index is 1.48. The van der Waals surface area contributed by atoms with E-state index in [0.29, 0.717) is 28.6 Å². The van der Waals surface area contributed by atoms with Crippen molar-refractivity contribution in [2.45, 2.75) is 51.1 Å². The minimum atomic E-state index is -3.68. The molecule has 0 saturated heterocycles. The van der Waals surface area contributed by atoms with Gasteiger partial charge in [0, 0.05) is 36.5 Å². The molecule has 196 valence electrons. The number of anilines is 1. The van der Waals surface area contributed by atoms with Crippen molar-refractivity contribution in [1.82, 2.24) is 10.2 Å². The summed E-state index contributed by atoms with van der Waals surface area (Å²) < 4.78 is 27.9. The van der Waals surface area contributed by atoms with E-state index in [2.05, 4.69) is 5.32 Å². The topological polar surface area (TPSA) is 86.8 Å². The highest BCUT2D eigenvalue weighted by atomic mass is 35.5. The Morgan fingerprint density at radius 3 is 2.35 bits per heavy atom. The number of rotatable bonds is 10. The standard InChI is InChI=1S/C28H32ClN3O4S/c1-19(2)17-30-28(34)20(3)31(18-21-12-14-23(29)15-13-21)26(33)11-6-16-32-24-9-4-7-22-8-5-10-25(27(22)24)37(32,35)36/h4-5,7-10,12-15,19-20H,6,11,16-18H2,1-3H3,(H,30,34). The number of carbonyl (C=O) groups excluding carboxylic acids is 2. The fourth-order valence-corrected chi connectivity index (χ4v) is 6.41. The van der Waals surface area contributed by atoms with Crippen LogP contribution in [0.25, 0.3) is 10.8 Å². The van der Waals surface area contributed by atoms with Gasteiger partial charge in [-0.25, -0.2) is 8.42 Å². The fourth-order valence-electron chi connectivity index (χ4n) is 4.54. The van der Waals surface area contributed by atoms with E-state index >= 15 is 0 Å². The highest BCUT2D eigenvalue weighted by Crippen LogP contribution is 2.42. The van der Waals surface area contributed by atoms with Crippen LogP contribution in [0.3, 0.4) is 0 Å². The third-order valence-electron chi connectivity index (χ3n) is 6.55. The normalized spacial score (nSPS) is 14.7. The summed E-state index contributed by atoms with van der Waals surface area (Å²) in [7, 11) is -3.68. The largest absolute Gasteiger partial charge is 0.354 e. The predicted octanol–water partition coefficient (Wildman–Crippen LogP) is 4.97. The molecule has 0 radical (unpaired) electrons. The molecule has 2 amide bonds. The van der Waals surface area contributed by atoms with Gasteiger partial charge >= 0.3 is 0 Å². The Bertz CT molecular complexity index is 1400. The Labute approximate surface area is 223 Å². The quantitative estimate of drug-likeness (QED) is 0.392. The van der Waals surface area contributed by atoms with Crippen LogP contribution in [-0.4, -0.2) is 44.3 Å². The zero-order valence-electron chi connectivity index (χ0n) is 21.3. The van der Waals surface area contributed by atoms with Crippen LogP contribution in [0.15, 0.2) is 65.6 Å². The second-order valence-corrected chi connectivity index (χ2v) is 12.0. The molecule has 4 rings (SSSR count). The van der Waals surface area contributed by atoms with E-state index in [0.717, 1.165) is 16.3 Å². The van der Waals surface area contributed by atoms with Crippen LogP contribution in [0.4, 0.5) is 5.69 Å². The summed E-state index contributed by atoms with van der Waals surface area (Å²) in [6, 6.07) is 17.3. The lowest BCUT2D eigenvalue weighted by molar-refractivity contribution is -0.140. The summed E-state index contributed by atoms with van der Waals surface area (Å²) in [4.78, 5) is 28.1. The Morgan fingerprint density at radius 1 is 1.00 bits per heavy atom. The Kier molecular flexibility index (Phi) is 8.09. The van der Waals surface area contributed by atoms with E-state index in [9.17, 15) is 18.0 Å². The molecule has 1 aliphatic rings. The minimum Gasteiger partial charge on any atom is -0.354 e. The number of benzene rings is 3. The number of carbonyl (C=O) groups is 2. The van der Waals surface area contributed by atoms with Gasteiger partial charge in [0.1, 0.15) is 6.04 Å². The molecular weight excluding hydrogens is 510 g/mol. The maximum Gasteiger partial charge on any atom is 0.265 e. The van der Waals surface area contributed by atoms with E-state index < -0.39 is 16.1 Å². The second-order valence-electron chi connectivity index (χ2n) is 9.78. The molecule has 0 bridgehead atoms. The predicted molar refractivity (Wildman–Crippen MR) is 147 cm³/mol. The van der Waals surface area contributed by atoms with Gasteiger partial charge in [0.2, 0.25) is 11.8 Å². The van der Waals surface area contributed by atoms with Gasteiger partial charge in [-0.05, 0) is 54.5 Å². The van der Waals surface area contributed by atoms with Crippen LogP contribution in [0.5, 0.6) is 0 Å². The molecule has 0 saturated carbocycles. The molecule has 1 aliphatic heterocycles. The number of nitrogens with one attached hydrogen (secondary N) is 1. The molecule has 1 atom stereocenters. The van der Waals surface area contributed by atoms with Crippen molar-refractivity contribution in [1.29, 1.82) is 0 Å². The van der Waals surface area contributed by atoms with Crippen LogP contribution in [0.2, 0.25) is 5.02 Å². The third-order valence-corrected chi connectivity index (χ3v) is 8.66. The molecule has 9 heteroatoms. The molecule has 3 aromatic rings. The van der Waals surface area contributed by atoms with Crippen LogP contribution in [0.1, 0.15) is 39.2 Å². The second kappa shape index (κ2) is 11.1. The summed E-state index contributed by atoms with van der Waals surface area (Å²) in [5.41, 5.74) is 1.49. The lowest BCUT2D eigenvalue weighted by Gasteiger charge is -2.29. The van der Waals surface area contributed by atoms with Gasteiger partial charge in [-0.3, -0.25) is 13.9 Å². The van der Waals surface area contributed by atoms with Crippen LogP contribution in [-0.2, 0) is 26.2 Å². The SMILES string of the molecule is CC(C)CNC(=O)C(C)N(Cc1ccc(Cl)cc1)C(=O)CCCN1c2cccc3cccc(c23)S1(=O)=O. The Hall–Kier alpha value is -3.10. The average molecular weight is 542 g/mol. The first-order chi connectivity index (χ1) is 17.6. The van der Waals surface area contributed by atoms with Gasteiger partial charge in [-0.2, -0.15) is 0 Å².